The van der Waals surface area contributed by atoms with E-state index in [1.807, 2.05) is 20.8 Å². The normalized spacial score (nSPS) is 25.5. The highest BCUT2D eigenvalue weighted by Crippen LogP contribution is 2.35. The number of thioether (sulfide) groups is 1. The molecule has 1 aliphatic heterocycles. The van der Waals surface area contributed by atoms with Crippen molar-refractivity contribution in [2.45, 2.75) is 38.6 Å². The molecule has 3 atom stereocenters. The van der Waals surface area contributed by atoms with Gasteiger partial charge in [0.1, 0.15) is 6.04 Å². The fraction of sp³-hybridized carbons (Fsp3) is 0.833. The van der Waals surface area contributed by atoms with E-state index in [1.165, 1.54) is 0 Å². The van der Waals surface area contributed by atoms with Crippen LogP contribution < -0.4 is 5.73 Å². The molecular weight excluding hydrogens is 252 g/mol. The van der Waals surface area contributed by atoms with Crippen LogP contribution in [0.2, 0.25) is 0 Å². The molecule has 0 bridgehead atoms. The number of carbonyl (C=O) groups excluding carboxylic acids is 1. The van der Waals surface area contributed by atoms with Gasteiger partial charge in [-0.15, -0.1) is 11.8 Å². The van der Waals surface area contributed by atoms with Crippen LogP contribution in [-0.2, 0) is 9.59 Å². The molecule has 0 aliphatic carbocycles. The molecule has 0 spiro atoms. The van der Waals surface area contributed by atoms with E-state index in [0.717, 1.165) is 0 Å². The number of nitrogens with two attached hydrogens (primary N) is 1. The van der Waals surface area contributed by atoms with Crippen LogP contribution in [0.5, 0.6) is 0 Å². The molecule has 0 radical (unpaired) electrons. The van der Waals surface area contributed by atoms with Gasteiger partial charge in [0.2, 0.25) is 5.91 Å². The van der Waals surface area contributed by atoms with Gasteiger partial charge in [-0.05, 0) is 18.9 Å². The first-order valence-electron chi connectivity index (χ1n) is 6.26. The molecule has 0 aromatic heterocycles. The van der Waals surface area contributed by atoms with Crippen molar-refractivity contribution in [3.8, 4) is 0 Å². The SMILES string of the molecule is CC(CCN)C(=O)N1C(C(=O)O)CSC1C(C)C. The Morgan fingerprint density at radius 2 is 2.06 bits per heavy atom. The Bertz CT molecular complexity index is 322. The van der Waals surface area contributed by atoms with Gasteiger partial charge in [0.25, 0.3) is 0 Å². The number of hydrogen-bond acceptors (Lipinski definition) is 4. The largest absolute Gasteiger partial charge is 0.480 e. The Hall–Kier alpha value is -0.750. The van der Waals surface area contributed by atoms with E-state index >= 15 is 0 Å². The Kier molecular flexibility index (Phi) is 5.47. The van der Waals surface area contributed by atoms with Crippen molar-refractivity contribution in [2.75, 3.05) is 12.3 Å². The van der Waals surface area contributed by atoms with Gasteiger partial charge in [0.05, 0.1) is 5.37 Å². The summed E-state index contributed by atoms with van der Waals surface area (Å²) < 4.78 is 0. The van der Waals surface area contributed by atoms with Crippen LogP contribution in [0.4, 0.5) is 0 Å². The number of hydrogen-bond donors (Lipinski definition) is 2. The minimum Gasteiger partial charge on any atom is -0.480 e. The molecule has 18 heavy (non-hydrogen) atoms. The number of carbonyl (C=O) groups is 2. The van der Waals surface area contributed by atoms with Crippen molar-refractivity contribution in [1.29, 1.82) is 0 Å². The second kappa shape index (κ2) is 6.43. The van der Waals surface area contributed by atoms with E-state index in [2.05, 4.69) is 0 Å². The van der Waals surface area contributed by atoms with Crippen LogP contribution in [0.25, 0.3) is 0 Å². The predicted octanol–water partition coefficient (Wildman–Crippen LogP) is 0.982. The van der Waals surface area contributed by atoms with E-state index in [-0.39, 0.29) is 23.1 Å². The minimum absolute atomic E-state index is 0.0428. The van der Waals surface area contributed by atoms with Crippen molar-refractivity contribution in [1.82, 2.24) is 4.90 Å². The highest BCUT2D eigenvalue weighted by Gasteiger charge is 2.43. The van der Waals surface area contributed by atoms with Gasteiger partial charge in [-0.3, -0.25) is 4.79 Å². The van der Waals surface area contributed by atoms with Crippen molar-refractivity contribution < 1.29 is 14.7 Å². The van der Waals surface area contributed by atoms with E-state index in [1.54, 1.807) is 16.7 Å². The number of carboxylic acid groups (broad SMARTS) is 1. The first kappa shape index (κ1) is 15.3. The molecule has 0 aromatic rings. The Morgan fingerprint density at radius 3 is 2.50 bits per heavy atom. The molecule has 5 nitrogen and oxygen atoms in total. The Morgan fingerprint density at radius 1 is 1.44 bits per heavy atom. The second-order valence-corrected chi connectivity index (χ2v) is 6.20. The average Bonchev–Trinajstić information content (AvgIpc) is 2.72. The van der Waals surface area contributed by atoms with Crippen LogP contribution in [0.15, 0.2) is 0 Å². The lowest BCUT2D eigenvalue weighted by Gasteiger charge is -2.31. The van der Waals surface area contributed by atoms with Gasteiger partial charge in [-0.25, -0.2) is 4.79 Å². The number of carboxylic acids is 1. The lowest BCUT2D eigenvalue weighted by Crippen LogP contribution is -2.49. The zero-order chi connectivity index (χ0) is 13.9. The summed E-state index contributed by atoms with van der Waals surface area (Å²) in [7, 11) is 0. The lowest BCUT2D eigenvalue weighted by atomic mass is 10.0. The molecule has 1 saturated heterocycles. The van der Waals surface area contributed by atoms with Crippen molar-refractivity contribution in [2.24, 2.45) is 17.6 Å². The molecule has 3 unspecified atom stereocenters. The van der Waals surface area contributed by atoms with Gasteiger partial charge in [0, 0.05) is 11.7 Å². The standard InChI is InChI=1S/C12H22N2O3S/c1-7(2)11-14(9(6-18-11)12(16)17)10(15)8(3)4-5-13/h7-9,11H,4-6,13H2,1-3H3,(H,16,17). The smallest absolute Gasteiger partial charge is 0.327 e. The quantitative estimate of drug-likeness (QED) is 0.781. The van der Waals surface area contributed by atoms with Crippen LogP contribution in [0.3, 0.4) is 0 Å². The lowest BCUT2D eigenvalue weighted by molar-refractivity contribution is -0.151. The zero-order valence-corrected chi connectivity index (χ0v) is 11.9. The maximum atomic E-state index is 12.4. The van der Waals surface area contributed by atoms with Gasteiger partial charge < -0.3 is 15.7 Å². The first-order valence-corrected chi connectivity index (χ1v) is 7.31. The summed E-state index contributed by atoms with van der Waals surface area (Å²) in [6, 6.07) is -0.699. The molecule has 1 amide bonds. The second-order valence-electron chi connectivity index (χ2n) is 5.05. The third-order valence-corrected chi connectivity index (χ3v) is 4.79. The molecule has 1 rings (SSSR count). The van der Waals surface area contributed by atoms with Gasteiger partial charge in [-0.2, -0.15) is 0 Å². The summed E-state index contributed by atoms with van der Waals surface area (Å²) in [5, 5.41) is 9.17. The maximum Gasteiger partial charge on any atom is 0.327 e. The fourth-order valence-electron chi connectivity index (χ4n) is 2.14. The number of nitrogens with zero attached hydrogens (tertiary/aromatic N) is 1. The fourth-order valence-corrected chi connectivity index (χ4v) is 3.62. The van der Waals surface area contributed by atoms with Crippen molar-refractivity contribution >= 4 is 23.6 Å². The number of rotatable bonds is 5. The monoisotopic (exact) mass is 274 g/mol. The topological polar surface area (TPSA) is 83.6 Å². The average molecular weight is 274 g/mol. The molecule has 6 heteroatoms. The van der Waals surface area contributed by atoms with Crippen LogP contribution in [-0.4, -0.2) is 45.6 Å². The predicted molar refractivity (Wildman–Crippen MR) is 72.2 cm³/mol. The summed E-state index contributed by atoms with van der Waals surface area (Å²) in [4.78, 5) is 25.1. The molecule has 1 aliphatic rings. The maximum absolute atomic E-state index is 12.4. The Balaban J connectivity index is 2.89. The van der Waals surface area contributed by atoms with Crippen LogP contribution >= 0.6 is 11.8 Å². The van der Waals surface area contributed by atoms with Gasteiger partial charge in [0.15, 0.2) is 0 Å². The molecular formula is C12H22N2O3S. The summed E-state index contributed by atoms with van der Waals surface area (Å²) in [6.07, 6.45) is 0.594. The number of aliphatic carboxylic acids is 1. The van der Waals surface area contributed by atoms with Gasteiger partial charge >= 0.3 is 5.97 Å². The summed E-state index contributed by atoms with van der Waals surface area (Å²) in [6.45, 7) is 6.28. The molecule has 104 valence electrons. The Labute approximate surface area is 112 Å². The highest BCUT2D eigenvalue weighted by molar-refractivity contribution is 8.00. The zero-order valence-electron chi connectivity index (χ0n) is 11.1. The molecule has 0 saturated carbocycles. The van der Waals surface area contributed by atoms with E-state index < -0.39 is 12.0 Å². The van der Waals surface area contributed by atoms with E-state index in [4.69, 9.17) is 5.73 Å². The summed E-state index contributed by atoms with van der Waals surface area (Å²) in [5.74, 6) is -0.500. The van der Waals surface area contributed by atoms with E-state index in [0.29, 0.717) is 18.7 Å². The summed E-state index contributed by atoms with van der Waals surface area (Å²) >= 11 is 1.55. The number of amides is 1. The molecule has 1 heterocycles. The van der Waals surface area contributed by atoms with Crippen LogP contribution in [0.1, 0.15) is 27.2 Å². The van der Waals surface area contributed by atoms with Crippen molar-refractivity contribution in [3.63, 3.8) is 0 Å². The highest BCUT2D eigenvalue weighted by atomic mass is 32.2. The van der Waals surface area contributed by atoms with E-state index in [9.17, 15) is 14.7 Å². The third-order valence-electron chi connectivity index (χ3n) is 3.17. The van der Waals surface area contributed by atoms with Crippen molar-refractivity contribution in [3.05, 3.63) is 0 Å². The summed E-state index contributed by atoms with van der Waals surface area (Å²) in [5.41, 5.74) is 5.46. The molecule has 0 aromatic carbocycles. The minimum atomic E-state index is -0.918. The molecule has 3 N–H and O–H groups in total. The van der Waals surface area contributed by atoms with Gasteiger partial charge in [-0.1, -0.05) is 20.8 Å². The molecule has 1 fully saturated rings. The van der Waals surface area contributed by atoms with Crippen LogP contribution in [0, 0.1) is 11.8 Å². The first-order chi connectivity index (χ1) is 8.40. The third kappa shape index (κ3) is 3.17.